The number of nitrogens with zero attached hydrogens (tertiary/aromatic N) is 2. The van der Waals surface area contributed by atoms with E-state index >= 15 is 0 Å². The van der Waals surface area contributed by atoms with Crippen molar-refractivity contribution in [2.75, 3.05) is 0 Å². The molecule has 0 aliphatic carbocycles. The number of hydrogen-bond acceptors (Lipinski definition) is 4. The third-order valence-electron chi connectivity index (χ3n) is 3.00. The second kappa shape index (κ2) is 6.15. The molecule has 2 aromatic carbocycles. The molecule has 1 aromatic heterocycles. The summed E-state index contributed by atoms with van der Waals surface area (Å²) < 4.78 is 24.1. The second-order valence-electron chi connectivity index (χ2n) is 4.75. The topological polar surface area (TPSA) is 48.2 Å². The Morgan fingerprint density at radius 2 is 1.95 bits per heavy atom. The molecule has 0 amide bonds. The first-order valence-electron chi connectivity index (χ1n) is 6.59. The molecule has 3 rings (SSSR count). The summed E-state index contributed by atoms with van der Waals surface area (Å²) in [6, 6.07) is 11.7. The lowest BCUT2D eigenvalue weighted by molar-refractivity contribution is 0.273. The van der Waals surface area contributed by atoms with Gasteiger partial charge in [0.15, 0.2) is 18.2 Å². The van der Waals surface area contributed by atoms with Crippen molar-refractivity contribution in [3.05, 3.63) is 64.7 Å². The maximum Gasteiger partial charge on any atom is 0.258 e. The predicted molar refractivity (Wildman–Crippen MR) is 80.2 cm³/mol. The molecular weight excluding hydrogens is 307 g/mol. The van der Waals surface area contributed by atoms with Gasteiger partial charge in [0.2, 0.25) is 5.82 Å². The monoisotopic (exact) mass is 318 g/mol. The third-order valence-corrected chi connectivity index (χ3v) is 3.25. The van der Waals surface area contributed by atoms with E-state index in [1.807, 2.05) is 6.92 Å². The Morgan fingerprint density at radius 3 is 2.73 bits per heavy atom. The minimum atomic E-state index is -0.424. The largest absolute Gasteiger partial charge is 0.482 e. The van der Waals surface area contributed by atoms with Gasteiger partial charge in [-0.05, 0) is 48.9 Å². The molecule has 0 saturated heterocycles. The van der Waals surface area contributed by atoms with Crippen molar-refractivity contribution in [2.45, 2.75) is 13.5 Å². The smallest absolute Gasteiger partial charge is 0.258 e. The summed E-state index contributed by atoms with van der Waals surface area (Å²) in [4.78, 5) is 4.21. The number of hydrogen-bond donors (Lipinski definition) is 0. The molecule has 0 saturated carbocycles. The van der Waals surface area contributed by atoms with Gasteiger partial charge in [0, 0.05) is 10.6 Å². The minimum Gasteiger partial charge on any atom is -0.482 e. The van der Waals surface area contributed by atoms with Crippen LogP contribution in [0.4, 0.5) is 4.39 Å². The molecule has 1 heterocycles. The number of benzene rings is 2. The second-order valence-corrected chi connectivity index (χ2v) is 5.18. The van der Waals surface area contributed by atoms with E-state index in [1.165, 1.54) is 6.07 Å². The molecule has 0 radical (unpaired) electrons. The van der Waals surface area contributed by atoms with Crippen LogP contribution in [0, 0.1) is 12.7 Å². The molecule has 22 heavy (non-hydrogen) atoms. The Kier molecular flexibility index (Phi) is 4.06. The van der Waals surface area contributed by atoms with Crippen molar-refractivity contribution < 1.29 is 13.7 Å². The van der Waals surface area contributed by atoms with Gasteiger partial charge in [-0.25, -0.2) is 4.39 Å². The quantitative estimate of drug-likeness (QED) is 0.714. The summed E-state index contributed by atoms with van der Waals surface area (Å²) in [5.74, 6) is 0.440. The van der Waals surface area contributed by atoms with E-state index in [-0.39, 0.29) is 12.4 Å². The summed E-state index contributed by atoms with van der Waals surface area (Å²) in [6.45, 7) is 1.89. The lowest BCUT2D eigenvalue weighted by Crippen LogP contribution is -1.99. The summed E-state index contributed by atoms with van der Waals surface area (Å²) in [5.41, 5.74) is 1.66. The molecule has 0 fully saturated rings. The van der Waals surface area contributed by atoms with Crippen molar-refractivity contribution in [2.24, 2.45) is 0 Å². The van der Waals surface area contributed by atoms with Gasteiger partial charge in [-0.1, -0.05) is 22.8 Å². The minimum absolute atomic E-state index is 0.0253. The Bertz CT molecular complexity index is 787. The van der Waals surface area contributed by atoms with Crippen LogP contribution in [0.2, 0.25) is 5.02 Å². The molecule has 0 spiro atoms. The van der Waals surface area contributed by atoms with Crippen LogP contribution in [0.3, 0.4) is 0 Å². The highest BCUT2D eigenvalue weighted by Gasteiger charge is 2.10. The number of aromatic nitrogens is 2. The van der Waals surface area contributed by atoms with E-state index in [0.29, 0.717) is 16.7 Å². The molecule has 0 aliphatic heterocycles. The highest BCUT2D eigenvalue weighted by molar-refractivity contribution is 6.30. The Hall–Kier alpha value is -2.40. The van der Waals surface area contributed by atoms with Crippen LogP contribution in [0.15, 0.2) is 47.0 Å². The van der Waals surface area contributed by atoms with Crippen LogP contribution in [0.1, 0.15) is 11.4 Å². The van der Waals surface area contributed by atoms with Crippen molar-refractivity contribution in [3.8, 4) is 17.2 Å². The molecule has 0 unspecified atom stereocenters. The fourth-order valence-corrected chi connectivity index (χ4v) is 2.01. The zero-order valence-corrected chi connectivity index (χ0v) is 12.5. The first-order chi connectivity index (χ1) is 10.6. The fraction of sp³-hybridized carbons (Fsp3) is 0.125. The van der Waals surface area contributed by atoms with Gasteiger partial charge in [-0.15, -0.1) is 0 Å². The SMILES string of the molecule is Cc1ccc(F)c(OCc2noc(-c3ccc(Cl)cc3)n2)c1. The lowest BCUT2D eigenvalue weighted by atomic mass is 10.2. The number of rotatable bonds is 4. The van der Waals surface area contributed by atoms with Crippen molar-refractivity contribution in [1.82, 2.24) is 10.1 Å². The predicted octanol–water partition coefficient (Wildman–Crippen LogP) is 4.42. The van der Waals surface area contributed by atoms with Crippen LogP contribution in [0.25, 0.3) is 11.5 Å². The maximum absolute atomic E-state index is 13.6. The molecule has 0 N–H and O–H groups in total. The normalized spacial score (nSPS) is 10.7. The van der Waals surface area contributed by atoms with Gasteiger partial charge in [0.25, 0.3) is 5.89 Å². The number of aryl methyl sites for hydroxylation is 1. The lowest BCUT2D eigenvalue weighted by Gasteiger charge is -2.05. The average Bonchev–Trinajstić information content (AvgIpc) is 2.98. The molecule has 0 aliphatic rings. The zero-order chi connectivity index (χ0) is 15.5. The Morgan fingerprint density at radius 1 is 1.18 bits per heavy atom. The average molecular weight is 319 g/mol. The number of ether oxygens (including phenoxy) is 1. The van der Waals surface area contributed by atoms with Crippen LogP contribution in [-0.4, -0.2) is 10.1 Å². The van der Waals surface area contributed by atoms with Crippen LogP contribution in [-0.2, 0) is 6.61 Å². The van der Waals surface area contributed by atoms with E-state index in [9.17, 15) is 4.39 Å². The first-order valence-corrected chi connectivity index (χ1v) is 6.97. The summed E-state index contributed by atoms with van der Waals surface area (Å²) in [7, 11) is 0. The maximum atomic E-state index is 13.6. The Balaban J connectivity index is 1.72. The van der Waals surface area contributed by atoms with Gasteiger partial charge < -0.3 is 9.26 Å². The highest BCUT2D eigenvalue weighted by atomic mass is 35.5. The van der Waals surface area contributed by atoms with E-state index in [4.69, 9.17) is 20.9 Å². The molecular formula is C16H12ClFN2O2. The van der Waals surface area contributed by atoms with Crippen molar-refractivity contribution in [3.63, 3.8) is 0 Å². The molecule has 0 atom stereocenters. The summed E-state index contributed by atoms with van der Waals surface area (Å²) >= 11 is 5.83. The van der Waals surface area contributed by atoms with Gasteiger partial charge in [-0.2, -0.15) is 4.98 Å². The van der Waals surface area contributed by atoms with E-state index < -0.39 is 5.82 Å². The van der Waals surface area contributed by atoms with Crippen molar-refractivity contribution in [1.29, 1.82) is 0 Å². The standard InChI is InChI=1S/C16H12ClFN2O2/c1-10-2-7-13(18)14(8-10)21-9-15-19-16(22-20-15)11-3-5-12(17)6-4-11/h2-8H,9H2,1H3. The summed E-state index contributed by atoms with van der Waals surface area (Å²) in [5, 5.41) is 4.44. The van der Waals surface area contributed by atoms with Crippen molar-refractivity contribution >= 4 is 11.6 Å². The molecule has 0 bridgehead atoms. The van der Waals surface area contributed by atoms with Gasteiger partial charge >= 0.3 is 0 Å². The number of halogens is 2. The highest BCUT2D eigenvalue weighted by Crippen LogP contribution is 2.21. The van der Waals surface area contributed by atoms with Crippen LogP contribution in [0.5, 0.6) is 5.75 Å². The van der Waals surface area contributed by atoms with Crippen LogP contribution >= 0.6 is 11.6 Å². The fourth-order valence-electron chi connectivity index (χ4n) is 1.89. The van der Waals surface area contributed by atoms with Gasteiger partial charge in [-0.3, -0.25) is 0 Å². The molecule has 4 nitrogen and oxygen atoms in total. The van der Waals surface area contributed by atoms with E-state index in [2.05, 4.69) is 10.1 Å². The van der Waals surface area contributed by atoms with E-state index in [1.54, 1.807) is 36.4 Å². The van der Waals surface area contributed by atoms with Gasteiger partial charge in [0.05, 0.1) is 0 Å². The van der Waals surface area contributed by atoms with Crippen LogP contribution < -0.4 is 4.74 Å². The molecule has 112 valence electrons. The first kappa shape index (κ1) is 14.5. The van der Waals surface area contributed by atoms with E-state index in [0.717, 1.165) is 11.1 Å². The Labute approximate surface area is 131 Å². The zero-order valence-electron chi connectivity index (χ0n) is 11.7. The summed E-state index contributed by atoms with van der Waals surface area (Å²) in [6.07, 6.45) is 0. The van der Waals surface area contributed by atoms with Gasteiger partial charge in [0.1, 0.15) is 0 Å². The molecule has 6 heteroatoms. The molecule has 3 aromatic rings. The third kappa shape index (κ3) is 3.26.